The van der Waals surface area contributed by atoms with Crippen LogP contribution in [0.15, 0.2) is 24.3 Å². The lowest BCUT2D eigenvalue weighted by Crippen LogP contribution is -2.34. The highest BCUT2D eigenvalue weighted by atomic mass is 16.5. The minimum Gasteiger partial charge on any atom is -0.473 e. The van der Waals surface area contributed by atoms with Crippen LogP contribution < -0.4 is 26.4 Å². The first-order chi connectivity index (χ1) is 13.5. The van der Waals surface area contributed by atoms with Crippen molar-refractivity contribution in [2.45, 2.75) is 77.0 Å². The van der Waals surface area contributed by atoms with Crippen molar-refractivity contribution in [3.05, 3.63) is 24.3 Å². The second-order valence-electron chi connectivity index (χ2n) is 7.41. The van der Waals surface area contributed by atoms with Crippen molar-refractivity contribution in [3.63, 3.8) is 0 Å². The van der Waals surface area contributed by atoms with Crippen LogP contribution in [0.25, 0.3) is 0 Å². The van der Waals surface area contributed by atoms with Gasteiger partial charge < -0.3 is 21.1 Å². The molecule has 1 aromatic rings. The molecule has 5 N–H and O–H groups in total. The molecule has 2 rings (SSSR count). The molecule has 28 heavy (non-hydrogen) atoms. The summed E-state index contributed by atoms with van der Waals surface area (Å²) in [4.78, 5) is 23.1. The molecule has 1 aliphatic rings. The minimum absolute atomic E-state index is 0.169. The molecule has 1 atom stereocenters. The van der Waals surface area contributed by atoms with Crippen LogP contribution in [0.5, 0.6) is 5.75 Å². The van der Waals surface area contributed by atoms with Gasteiger partial charge in [0.1, 0.15) is 12.0 Å². The van der Waals surface area contributed by atoms with Gasteiger partial charge in [-0.25, -0.2) is 4.79 Å². The Morgan fingerprint density at radius 2 is 1.86 bits per heavy atom. The van der Waals surface area contributed by atoms with Crippen molar-refractivity contribution >= 4 is 17.6 Å². The first-order valence-electron chi connectivity index (χ1n) is 10.4. The minimum atomic E-state index is -0.626. The van der Waals surface area contributed by atoms with E-state index in [4.69, 9.17) is 10.5 Å². The number of nitrogens with two attached hydrogens (primary N) is 1. The molecular weight excluding hydrogens is 356 g/mol. The monoisotopic (exact) mass is 390 g/mol. The van der Waals surface area contributed by atoms with Gasteiger partial charge in [0.2, 0.25) is 5.91 Å². The Morgan fingerprint density at radius 1 is 1.14 bits per heavy atom. The van der Waals surface area contributed by atoms with Crippen molar-refractivity contribution in [3.8, 4) is 5.75 Å². The Balaban J connectivity index is 1.60. The van der Waals surface area contributed by atoms with Gasteiger partial charge in [-0.2, -0.15) is 0 Å². The van der Waals surface area contributed by atoms with Gasteiger partial charge in [0.25, 0.3) is 0 Å². The molecule has 7 heteroatoms. The molecule has 1 fully saturated rings. The summed E-state index contributed by atoms with van der Waals surface area (Å²) in [5, 5.41) is 9.01. The zero-order chi connectivity index (χ0) is 20.2. The van der Waals surface area contributed by atoms with E-state index in [1.165, 1.54) is 25.7 Å². The summed E-state index contributed by atoms with van der Waals surface area (Å²) in [6.45, 7) is 2.66. The van der Waals surface area contributed by atoms with Crippen molar-refractivity contribution < 1.29 is 14.3 Å². The maximum Gasteiger partial charge on any atom is 0.316 e. The third-order valence-corrected chi connectivity index (χ3v) is 4.93. The van der Waals surface area contributed by atoms with Gasteiger partial charge in [0.05, 0.1) is 5.69 Å². The Labute approximate surface area is 167 Å². The highest BCUT2D eigenvalue weighted by Crippen LogP contribution is 2.24. The normalized spacial score (nSPS) is 16.0. The largest absolute Gasteiger partial charge is 0.473 e. The second-order valence-corrected chi connectivity index (χ2v) is 7.41. The first kappa shape index (κ1) is 22.0. The lowest BCUT2D eigenvalue weighted by atomic mass is 10.1. The van der Waals surface area contributed by atoms with E-state index in [0.29, 0.717) is 23.9 Å². The Bertz CT molecular complexity index is 615. The molecule has 0 bridgehead atoms. The van der Waals surface area contributed by atoms with E-state index in [0.717, 1.165) is 32.2 Å². The third-order valence-electron chi connectivity index (χ3n) is 4.93. The number of amides is 3. The van der Waals surface area contributed by atoms with Crippen LogP contribution in [0, 0.1) is 0 Å². The van der Waals surface area contributed by atoms with Crippen molar-refractivity contribution in [2.24, 2.45) is 5.73 Å². The van der Waals surface area contributed by atoms with Crippen LogP contribution in [-0.4, -0.2) is 30.8 Å². The first-order valence-corrected chi connectivity index (χ1v) is 10.4. The number of anilines is 1. The summed E-state index contributed by atoms with van der Waals surface area (Å²) >= 11 is 0. The average molecular weight is 391 g/mol. The number of urea groups is 1. The fourth-order valence-electron chi connectivity index (χ4n) is 3.48. The highest BCUT2D eigenvalue weighted by Gasteiger charge is 2.14. The maximum absolute atomic E-state index is 12.1. The second kappa shape index (κ2) is 12.2. The smallest absolute Gasteiger partial charge is 0.316 e. The zero-order valence-corrected chi connectivity index (χ0v) is 16.8. The number of carbonyl (C=O) groups excluding carboxylic acids is 2. The summed E-state index contributed by atoms with van der Waals surface area (Å²) in [5.74, 6) is 0.728. The van der Waals surface area contributed by atoms with Crippen LogP contribution in [0.2, 0.25) is 0 Å². The van der Waals surface area contributed by atoms with Crippen molar-refractivity contribution in [1.29, 1.82) is 0 Å². The number of primary amides is 1. The van der Waals surface area contributed by atoms with Crippen LogP contribution in [-0.2, 0) is 4.79 Å². The molecule has 0 spiro atoms. The topological polar surface area (TPSA) is 105 Å². The summed E-state index contributed by atoms with van der Waals surface area (Å²) in [6, 6.07) is 6.90. The van der Waals surface area contributed by atoms with Crippen LogP contribution >= 0.6 is 0 Å². The number of hydrogen-bond acceptors (Lipinski definition) is 4. The fourth-order valence-corrected chi connectivity index (χ4v) is 3.48. The molecule has 1 aromatic carbocycles. The maximum atomic E-state index is 12.1. The summed E-state index contributed by atoms with van der Waals surface area (Å²) in [5.41, 5.74) is 5.72. The van der Waals surface area contributed by atoms with E-state index in [1.54, 1.807) is 18.2 Å². The van der Waals surface area contributed by atoms with Gasteiger partial charge in [-0.15, -0.1) is 0 Å². The molecule has 7 nitrogen and oxygen atoms in total. The van der Waals surface area contributed by atoms with E-state index in [1.807, 2.05) is 13.0 Å². The third kappa shape index (κ3) is 8.61. The number of hydrogen-bond donors (Lipinski definition) is 4. The molecular formula is C21H34N4O3. The molecule has 156 valence electrons. The van der Waals surface area contributed by atoms with Crippen LogP contribution in [0.4, 0.5) is 10.5 Å². The van der Waals surface area contributed by atoms with Crippen LogP contribution in [0.1, 0.15) is 64.7 Å². The SMILES string of the molecule is CC(NCCCCC(=O)NC1CCCCCC1)Oc1ccccc1NC(N)=O. The quantitative estimate of drug-likeness (QED) is 0.279. The molecule has 0 aliphatic heterocycles. The number of benzene rings is 1. The van der Waals surface area contributed by atoms with Gasteiger partial charge in [-0.1, -0.05) is 37.8 Å². The van der Waals surface area contributed by atoms with E-state index >= 15 is 0 Å². The summed E-state index contributed by atoms with van der Waals surface area (Å²) in [7, 11) is 0. The van der Waals surface area contributed by atoms with Crippen LogP contribution in [0.3, 0.4) is 0 Å². The molecule has 1 aliphatic carbocycles. The molecule has 0 heterocycles. The molecule has 0 saturated heterocycles. The number of carbonyl (C=O) groups is 2. The Morgan fingerprint density at radius 3 is 2.57 bits per heavy atom. The predicted molar refractivity (Wildman–Crippen MR) is 111 cm³/mol. The van der Waals surface area contributed by atoms with E-state index in [9.17, 15) is 9.59 Å². The molecule has 1 saturated carbocycles. The van der Waals surface area contributed by atoms with E-state index < -0.39 is 6.03 Å². The number of ether oxygens (including phenoxy) is 1. The van der Waals surface area contributed by atoms with Gasteiger partial charge in [0, 0.05) is 12.5 Å². The van der Waals surface area contributed by atoms with Gasteiger partial charge >= 0.3 is 6.03 Å². The molecule has 0 radical (unpaired) electrons. The van der Waals surface area contributed by atoms with Crippen molar-refractivity contribution in [1.82, 2.24) is 10.6 Å². The number of unbranched alkanes of at least 4 members (excludes halogenated alkanes) is 1. The Hall–Kier alpha value is -2.28. The van der Waals surface area contributed by atoms with Crippen molar-refractivity contribution in [2.75, 3.05) is 11.9 Å². The summed E-state index contributed by atoms with van der Waals surface area (Å²) < 4.78 is 5.83. The lowest BCUT2D eigenvalue weighted by Gasteiger charge is -2.19. The predicted octanol–water partition coefficient (Wildman–Crippen LogP) is 3.50. The fraction of sp³-hybridized carbons (Fsp3) is 0.619. The lowest BCUT2D eigenvalue weighted by molar-refractivity contribution is -0.122. The molecule has 1 unspecified atom stereocenters. The molecule has 3 amide bonds. The van der Waals surface area contributed by atoms with Gasteiger partial charge in [-0.05, 0) is 51.3 Å². The summed E-state index contributed by atoms with van der Waals surface area (Å²) in [6.07, 6.45) is 9.36. The number of nitrogens with one attached hydrogen (secondary N) is 3. The standard InChI is InChI=1S/C21H34N4O3/c1-16(28-19-13-7-6-12-18(19)25-21(22)27)23-15-9-8-14-20(26)24-17-10-4-2-3-5-11-17/h6-7,12-13,16-17,23H,2-5,8-11,14-15H2,1H3,(H,24,26)(H3,22,25,27). The average Bonchev–Trinajstić information content (AvgIpc) is 2.91. The van der Waals surface area contributed by atoms with E-state index in [2.05, 4.69) is 16.0 Å². The molecule has 0 aromatic heterocycles. The van der Waals surface area contributed by atoms with Gasteiger partial charge in [0.15, 0.2) is 0 Å². The number of rotatable bonds is 10. The Kier molecular flexibility index (Phi) is 9.62. The van der Waals surface area contributed by atoms with E-state index in [-0.39, 0.29) is 12.1 Å². The number of para-hydroxylation sites is 2. The zero-order valence-electron chi connectivity index (χ0n) is 16.8. The highest BCUT2D eigenvalue weighted by molar-refractivity contribution is 5.89. The van der Waals surface area contributed by atoms with Gasteiger partial charge in [-0.3, -0.25) is 10.1 Å².